The van der Waals surface area contributed by atoms with Crippen molar-refractivity contribution < 1.29 is 19.2 Å². The summed E-state index contributed by atoms with van der Waals surface area (Å²) in [6, 6.07) is 17.7. The summed E-state index contributed by atoms with van der Waals surface area (Å²) in [6.45, 7) is 5.95. The van der Waals surface area contributed by atoms with E-state index in [2.05, 4.69) is 24.3 Å². The van der Waals surface area contributed by atoms with Gasteiger partial charge in [0.25, 0.3) is 5.91 Å². The highest BCUT2D eigenvalue weighted by Crippen LogP contribution is 2.33. The van der Waals surface area contributed by atoms with Crippen molar-refractivity contribution in [1.29, 1.82) is 0 Å². The Morgan fingerprint density at radius 2 is 1.77 bits per heavy atom. The van der Waals surface area contributed by atoms with E-state index in [0.29, 0.717) is 18.8 Å². The predicted octanol–water partition coefficient (Wildman–Crippen LogP) is 1.24. The summed E-state index contributed by atoms with van der Waals surface area (Å²) in [4.78, 5) is 30.1. The lowest BCUT2D eigenvalue weighted by Crippen LogP contribution is -3.14. The molecule has 2 aromatic carbocycles. The van der Waals surface area contributed by atoms with Crippen LogP contribution in [0.25, 0.3) is 6.08 Å². The minimum absolute atomic E-state index is 0.0327. The first kappa shape index (κ1) is 20.2. The zero-order chi connectivity index (χ0) is 20.9. The number of benzene rings is 2. The van der Waals surface area contributed by atoms with Crippen molar-refractivity contribution in [3.05, 3.63) is 66.2 Å². The van der Waals surface area contributed by atoms with Gasteiger partial charge in [0, 0.05) is 6.92 Å². The minimum Gasteiger partial charge on any atom is -0.476 e. The van der Waals surface area contributed by atoms with E-state index in [1.807, 2.05) is 47.4 Å². The molecule has 0 unspecified atom stereocenters. The van der Waals surface area contributed by atoms with E-state index in [4.69, 9.17) is 4.74 Å². The molecule has 1 atom stereocenters. The molecular formula is C24H28N3O3+. The van der Waals surface area contributed by atoms with Crippen LogP contribution in [0.15, 0.2) is 60.7 Å². The molecule has 0 saturated carbocycles. The summed E-state index contributed by atoms with van der Waals surface area (Å²) in [5, 5.41) is 0. The first-order valence-corrected chi connectivity index (χ1v) is 10.5. The molecule has 0 spiro atoms. The Kier molecular flexibility index (Phi) is 6.14. The molecular weight excluding hydrogens is 378 g/mol. The Balaban J connectivity index is 1.32. The van der Waals surface area contributed by atoms with E-state index >= 15 is 0 Å². The molecule has 2 amide bonds. The van der Waals surface area contributed by atoms with Gasteiger partial charge in [-0.2, -0.15) is 0 Å². The number of ether oxygens (including phenoxy) is 1. The molecule has 0 aliphatic carbocycles. The zero-order valence-corrected chi connectivity index (χ0v) is 17.3. The Labute approximate surface area is 177 Å². The Morgan fingerprint density at radius 3 is 2.50 bits per heavy atom. The van der Waals surface area contributed by atoms with Crippen LogP contribution in [0, 0.1) is 0 Å². The minimum atomic E-state index is -0.650. The first-order valence-electron chi connectivity index (χ1n) is 10.5. The molecule has 6 heteroatoms. The van der Waals surface area contributed by atoms with E-state index < -0.39 is 6.10 Å². The maximum atomic E-state index is 13.1. The van der Waals surface area contributed by atoms with Crippen molar-refractivity contribution >= 4 is 23.6 Å². The smallest absolute Gasteiger partial charge is 0.265 e. The van der Waals surface area contributed by atoms with Crippen LogP contribution in [0.5, 0.6) is 5.75 Å². The van der Waals surface area contributed by atoms with Gasteiger partial charge in [-0.1, -0.05) is 48.5 Å². The fourth-order valence-electron chi connectivity index (χ4n) is 4.04. The Hall–Kier alpha value is -3.12. The van der Waals surface area contributed by atoms with Crippen LogP contribution in [0.4, 0.5) is 5.69 Å². The quantitative estimate of drug-likeness (QED) is 0.831. The fourth-order valence-corrected chi connectivity index (χ4v) is 4.04. The average Bonchev–Trinajstić information content (AvgIpc) is 2.79. The normalized spacial score (nSPS) is 19.4. The molecule has 0 aromatic heterocycles. The van der Waals surface area contributed by atoms with Crippen molar-refractivity contribution in [1.82, 2.24) is 4.90 Å². The number of carbonyl (C=O) groups is 2. The standard InChI is InChI=1S/C24H27N3O3/c1-19(28)27-18-23(30-22-12-6-5-11-21(22)27)24(29)26-16-14-25(15-17-26)13-7-10-20-8-3-2-4-9-20/h2-12,23H,13-18H2,1H3/p+1/b10-7+/t23-/m1/s1. The van der Waals surface area contributed by atoms with Gasteiger partial charge in [-0.15, -0.1) is 0 Å². The van der Waals surface area contributed by atoms with Crippen molar-refractivity contribution in [3.63, 3.8) is 0 Å². The topological polar surface area (TPSA) is 54.3 Å². The lowest BCUT2D eigenvalue weighted by Gasteiger charge is -2.38. The summed E-state index contributed by atoms with van der Waals surface area (Å²) in [5.41, 5.74) is 1.93. The van der Waals surface area contributed by atoms with Crippen LogP contribution in [-0.2, 0) is 9.59 Å². The second kappa shape index (κ2) is 9.13. The molecule has 2 aromatic rings. The number of nitrogens with zero attached hydrogens (tertiary/aromatic N) is 2. The molecule has 4 rings (SSSR count). The number of hydrogen-bond acceptors (Lipinski definition) is 3. The number of amides is 2. The molecule has 2 heterocycles. The van der Waals surface area contributed by atoms with Crippen molar-refractivity contribution in [2.75, 3.05) is 44.2 Å². The number of hydrogen-bond donors (Lipinski definition) is 1. The monoisotopic (exact) mass is 406 g/mol. The van der Waals surface area contributed by atoms with Crippen LogP contribution in [0.2, 0.25) is 0 Å². The summed E-state index contributed by atoms with van der Waals surface area (Å²) in [6.07, 6.45) is 3.70. The molecule has 0 bridgehead atoms. The van der Waals surface area contributed by atoms with Crippen molar-refractivity contribution in [3.8, 4) is 5.75 Å². The van der Waals surface area contributed by atoms with Crippen molar-refractivity contribution in [2.24, 2.45) is 0 Å². The van der Waals surface area contributed by atoms with Gasteiger partial charge in [0.1, 0.15) is 5.75 Å². The van der Waals surface area contributed by atoms with Gasteiger partial charge >= 0.3 is 0 Å². The molecule has 1 saturated heterocycles. The van der Waals surface area contributed by atoms with Gasteiger partial charge in [-0.25, -0.2) is 0 Å². The van der Waals surface area contributed by atoms with Gasteiger partial charge in [0.2, 0.25) is 5.91 Å². The second-order valence-electron chi connectivity index (χ2n) is 7.80. The van der Waals surface area contributed by atoms with E-state index in [0.717, 1.165) is 25.3 Å². The van der Waals surface area contributed by atoms with Crippen LogP contribution < -0.4 is 14.5 Å². The molecule has 30 heavy (non-hydrogen) atoms. The number of fused-ring (bicyclic) bond motifs is 1. The molecule has 2 aliphatic rings. The summed E-state index contributed by atoms with van der Waals surface area (Å²) < 4.78 is 5.97. The number of anilines is 1. The number of nitrogens with one attached hydrogen (secondary N) is 1. The van der Waals surface area contributed by atoms with Crippen LogP contribution >= 0.6 is 0 Å². The van der Waals surface area contributed by atoms with E-state index in [1.165, 1.54) is 17.4 Å². The number of piperazine rings is 1. The summed E-state index contributed by atoms with van der Waals surface area (Å²) in [5.74, 6) is 0.477. The third-order valence-electron chi connectivity index (χ3n) is 5.73. The SMILES string of the molecule is CC(=O)N1C[C@H](C(=O)N2CC[NH+](C/C=C/c3ccccc3)CC2)Oc2ccccc21. The van der Waals surface area contributed by atoms with E-state index in [-0.39, 0.29) is 18.4 Å². The van der Waals surface area contributed by atoms with E-state index in [1.54, 1.807) is 4.90 Å². The number of rotatable bonds is 4. The Morgan fingerprint density at radius 1 is 1.07 bits per heavy atom. The number of carbonyl (C=O) groups excluding carboxylic acids is 2. The second-order valence-corrected chi connectivity index (χ2v) is 7.80. The van der Waals surface area contributed by atoms with Crippen molar-refractivity contribution in [2.45, 2.75) is 13.0 Å². The van der Waals surface area contributed by atoms with Gasteiger partial charge in [-0.3, -0.25) is 9.59 Å². The van der Waals surface area contributed by atoms with Crippen LogP contribution in [0.3, 0.4) is 0 Å². The fraction of sp³-hybridized carbons (Fsp3) is 0.333. The number of para-hydroxylation sites is 2. The maximum absolute atomic E-state index is 13.1. The predicted molar refractivity (Wildman–Crippen MR) is 117 cm³/mol. The third-order valence-corrected chi connectivity index (χ3v) is 5.73. The Bertz CT molecular complexity index is 920. The van der Waals surface area contributed by atoms with Gasteiger partial charge in [0.15, 0.2) is 6.10 Å². The zero-order valence-electron chi connectivity index (χ0n) is 17.3. The third kappa shape index (κ3) is 4.54. The summed E-state index contributed by atoms with van der Waals surface area (Å²) in [7, 11) is 0. The molecule has 2 aliphatic heterocycles. The molecule has 156 valence electrons. The van der Waals surface area contributed by atoms with Gasteiger partial charge in [0.05, 0.1) is 45.0 Å². The highest BCUT2D eigenvalue weighted by molar-refractivity contribution is 5.95. The van der Waals surface area contributed by atoms with Gasteiger partial charge < -0.3 is 19.4 Å². The maximum Gasteiger partial charge on any atom is 0.265 e. The molecule has 6 nitrogen and oxygen atoms in total. The highest BCUT2D eigenvalue weighted by Gasteiger charge is 2.36. The van der Waals surface area contributed by atoms with E-state index in [9.17, 15) is 9.59 Å². The molecule has 1 fully saturated rings. The van der Waals surface area contributed by atoms with Crippen LogP contribution in [0.1, 0.15) is 12.5 Å². The number of quaternary nitrogens is 1. The van der Waals surface area contributed by atoms with Crippen LogP contribution in [-0.4, -0.2) is 62.1 Å². The average molecular weight is 407 g/mol. The highest BCUT2D eigenvalue weighted by atomic mass is 16.5. The lowest BCUT2D eigenvalue weighted by molar-refractivity contribution is -0.898. The lowest BCUT2D eigenvalue weighted by atomic mass is 10.1. The van der Waals surface area contributed by atoms with Gasteiger partial charge in [-0.05, 0) is 23.8 Å². The summed E-state index contributed by atoms with van der Waals surface area (Å²) >= 11 is 0. The largest absolute Gasteiger partial charge is 0.476 e. The molecule has 1 N–H and O–H groups in total. The first-order chi connectivity index (χ1) is 14.6. The molecule has 0 radical (unpaired) electrons.